The average Bonchev–Trinajstić information content (AvgIpc) is 2.74. The van der Waals surface area contributed by atoms with Gasteiger partial charge in [0.25, 0.3) is 10.0 Å². The molecule has 2 heterocycles. The second-order valence-corrected chi connectivity index (χ2v) is 11.2. The maximum absolute atomic E-state index is 13.3. The number of β-amino-alcohol motifs (C(OH)–C–C–N with tert-alkyl or cyclic N) is 1. The van der Waals surface area contributed by atoms with Crippen molar-refractivity contribution in [2.75, 3.05) is 35.1 Å². The van der Waals surface area contributed by atoms with E-state index in [0.717, 1.165) is 0 Å². The zero-order valence-electron chi connectivity index (χ0n) is 18.5. The molecule has 3 atom stereocenters. The number of anilines is 2. The average molecular weight is 501 g/mol. The van der Waals surface area contributed by atoms with E-state index >= 15 is 0 Å². The van der Waals surface area contributed by atoms with Crippen molar-refractivity contribution >= 4 is 32.6 Å². The van der Waals surface area contributed by atoms with Crippen molar-refractivity contribution in [1.82, 2.24) is 9.88 Å². The Hall–Kier alpha value is -2.12. The minimum absolute atomic E-state index is 0.00109. The molecule has 3 rings (SSSR count). The summed E-state index contributed by atoms with van der Waals surface area (Å²) < 4.78 is 61.2. The third kappa shape index (κ3) is 6.70. The first-order valence-electron chi connectivity index (χ1n) is 10.5. The van der Waals surface area contributed by atoms with Crippen LogP contribution in [-0.4, -0.2) is 69.8 Å². The van der Waals surface area contributed by atoms with Crippen molar-refractivity contribution in [2.45, 2.75) is 37.3 Å². The number of hydrogen-bond acceptors (Lipinski definition) is 7. The number of aliphatic hydroxyl groups excluding tert-OH is 1. The predicted molar refractivity (Wildman–Crippen MR) is 125 cm³/mol. The van der Waals surface area contributed by atoms with Gasteiger partial charge in [-0.15, -0.1) is 0 Å². The number of halogens is 1. The van der Waals surface area contributed by atoms with Gasteiger partial charge in [0.1, 0.15) is 22.4 Å². The number of aliphatic hydroxyl groups is 1. The summed E-state index contributed by atoms with van der Waals surface area (Å²) in [7, 11) is -3.93. The van der Waals surface area contributed by atoms with Crippen molar-refractivity contribution in [3.63, 3.8) is 0 Å². The van der Waals surface area contributed by atoms with Crippen LogP contribution in [0.1, 0.15) is 20.3 Å². The van der Waals surface area contributed by atoms with Crippen LogP contribution in [-0.2, 0) is 21.1 Å². The Labute approximate surface area is 196 Å². The van der Waals surface area contributed by atoms with Crippen LogP contribution in [0.5, 0.6) is 0 Å². The molecule has 3 unspecified atom stereocenters. The fourth-order valence-corrected chi connectivity index (χ4v) is 5.78. The number of benzene rings is 1. The molecular weight excluding hydrogens is 471 g/mol. The maximum atomic E-state index is 13.3. The van der Waals surface area contributed by atoms with Gasteiger partial charge in [-0.3, -0.25) is 9.21 Å². The van der Waals surface area contributed by atoms with Crippen molar-refractivity contribution in [3.8, 4) is 0 Å². The lowest BCUT2D eigenvalue weighted by Crippen LogP contribution is -2.50. The molecule has 1 fully saturated rings. The van der Waals surface area contributed by atoms with Gasteiger partial charge in [0.15, 0.2) is 11.1 Å². The Kier molecular flexibility index (Phi) is 8.40. The molecule has 1 aromatic carbocycles. The maximum Gasteiger partial charge on any atom is 0.265 e. The van der Waals surface area contributed by atoms with E-state index in [1.54, 1.807) is 4.90 Å². The first-order valence-corrected chi connectivity index (χ1v) is 13.3. The summed E-state index contributed by atoms with van der Waals surface area (Å²) >= 11 is -1.96. The topological polar surface area (TPSA) is 123 Å². The lowest BCUT2D eigenvalue weighted by Gasteiger charge is -2.35. The van der Waals surface area contributed by atoms with E-state index in [1.807, 2.05) is 13.8 Å². The van der Waals surface area contributed by atoms with Gasteiger partial charge in [-0.1, -0.05) is 13.8 Å². The zero-order valence-corrected chi connectivity index (χ0v) is 20.1. The fraction of sp³-hybridized carbons (Fsp3) is 0.476. The first-order chi connectivity index (χ1) is 15.6. The Morgan fingerprint density at radius 1 is 1.27 bits per heavy atom. The van der Waals surface area contributed by atoms with Crippen LogP contribution >= 0.6 is 0 Å². The van der Waals surface area contributed by atoms with Gasteiger partial charge in [-0.25, -0.2) is 22.0 Å². The predicted octanol–water partition coefficient (Wildman–Crippen LogP) is 2.10. The van der Waals surface area contributed by atoms with Crippen LogP contribution < -0.4 is 9.62 Å². The van der Waals surface area contributed by atoms with E-state index < -0.39 is 33.0 Å². The third-order valence-electron chi connectivity index (χ3n) is 5.26. The van der Waals surface area contributed by atoms with Gasteiger partial charge in [0.2, 0.25) is 0 Å². The number of hydrogen-bond donors (Lipinski definition) is 3. The van der Waals surface area contributed by atoms with Crippen LogP contribution in [0.15, 0.2) is 47.5 Å². The van der Waals surface area contributed by atoms with E-state index in [0.29, 0.717) is 24.5 Å². The monoisotopic (exact) mass is 500 g/mol. The highest BCUT2D eigenvalue weighted by Crippen LogP contribution is 2.26. The lowest BCUT2D eigenvalue weighted by molar-refractivity contribution is 0.0686. The van der Waals surface area contributed by atoms with Crippen LogP contribution in [0.2, 0.25) is 0 Å². The number of rotatable bonds is 9. The van der Waals surface area contributed by atoms with Gasteiger partial charge in [-0.05, 0) is 48.7 Å². The highest BCUT2D eigenvalue weighted by atomic mass is 32.2. The summed E-state index contributed by atoms with van der Waals surface area (Å²) in [5, 5.41) is 13.5. The van der Waals surface area contributed by atoms with E-state index in [-0.39, 0.29) is 35.8 Å². The molecule has 12 heteroatoms. The first kappa shape index (κ1) is 25.5. The molecule has 3 N–H and O–H groups in total. The Bertz CT molecular complexity index is 1050. The molecule has 0 aliphatic carbocycles. The molecule has 1 aliphatic heterocycles. The molecule has 0 amide bonds. The SMILES string of the molecule is CC(C)CN(c1ccc(F)cc1)S(=O)(=O)c1ccc(NC2CCN(CS(=O)O)CC2O)nc1. The van der Waals surface area contributed by atoms with E-state index in [2.05, 4.69) is 10.3 Å². The summed E-state index contributed by atoms with van der Waals surface area (Å²) in [5.74, 6) is -0.0192. The molecule has 182 valence electrons. The minimum atomic E-state index is -3.93. The zero-order chi connectivity index (χ0) is 24.2. The summed E-state index contributed by atoms with van der Waals surface area (Å²) in [6, 6.07) is 7.96. The standard InChI is InChI=1S/C21H29FN4O5S2/c1-15(2)12-26(17-5-3-16(22)4-6-17)33(30,31)18-7-8-21(23-11-18)24-19-9-10-25(13-20(19)27)14-32(28)29/h3-8,11,15,19-20,27H,9-10,12-14H2,1-2H3,(H,23,24)(H,28,29). The summed E-state index contributed by atoms with van der Waals surface area (Å²) in [6.07, 6.45) is 1.02. The normalized spacial score (nSPS) is 20.5. The van der Waals surface area contributed by atoms with Gasteiger partial charge in [0.05, 0.1) is 17.8 Å². The van der Waals surface area contributed by atoms with Gasteiger partial charge >= 0.3 is 0 Å². The number of likely N-dealkylation sites (tertiary alicyclic amines) is 1. The molecule has 1 aromatic heterocycles. The molecule has 9 nitrogen and oxygen atoms in total. The Balaban J connectivity index is 1.73. The van der Waals surface area contributed by atoms with Crippen molar-refractivity contribution in [1.29, 1.82) is 0 Å². The summed E-state index contributed by atoms with van der Waals surface area (Å²) in [5.41, 5.74) is 0.367. The van der Waals surface area contributed by atoms with Crippen molar-refractivity contribution in [3.05, 3.63) is 48.4 Å². The van der Waals surface area contributed by atoms with Gasteiger partial charge in [0, 0.05) is 25.8 Å². The molecule has 0 spiro atoms. The summed E-state index contributed by atoms with van der Waals surface area (Å²) in [4.78, 5) is 5.93. The van der Waals surface area contributed by atoms with E-state index in [1.165, 1.54) is 46.9 Å². The number of sulfonamides is 1. The molecule has 2 aromatic rings. The molecule has 1 saturated heterocycles. The molecular formula is C21H29FN4O5S2. The third-order valence-corrected chi connectivity index (χ3v) is 7.63. The smallest absolute Gasteiger partial charge is 0.265 e. The van der Waals surface area contributed by atoms with E-state index in [4.69, 9.17) is 4.55 Å². The van der Waals surface area contributed by atoms with Crippen LogP contribution in [0, 0.1) is 11.7 Å². The van der Waals surface area contributed by atoms with E-state index in [9.17, 15) is 22.1 Å². The summed E-state index contributed by atoms with van der Waals surface area (Å²) in [6.45, 7) is 4.79. The highest BCUT2D eigenvalue weighted by molar-refractivity contribution is 7.92. The van der Waals surface area contributed by atoms with Crippen LogP contribution in [0.25, 0.3) is 0 Å². The van der Waals surface area contributed by atoms with Crippen molar-refractivity contribution < 1.29 is 26.7 Å². The highest BCUT2D eigenvalue weighted by Gasteiger charge is 2.29. The molecule has 0 bridgehead atoms. The molecule has 0 radical (unpaired) electrons. The van der Waals surface area contributed by atoms with Gasteiger partial charge < -0.3 is 15.0 Å². The second-order valence-electron chi connectivity index (χ2n) is 8.42. The fourth-order valence-electron chi connectivity index (χ4n) is 3.66. The van der Waals surface area contributed by atoms with Crippen LogP contribution in [0.4, 0.5) is 15.9 Å². The number of nitrogens with one attached hydrogen (secondary N) is 1. The Morgan fingerprint density at radius 2 is 1.97 bits per heavy atom. The molecule has 33 heavy (non-hydrogen) atoms. The Morgan fingerprint density at radius 3 is 2.52 bits per heavy atom. The minimum Gasteiger partial charge on any atom is -0.390 e. The van der Waals surface area contributed by atoms with Crippen molar-refractivity contribution in [2.24, 2.45) is 5.92 Å². The second kappa shape index (κ2) is 10.9. The largest absolute Gasteiger partial charge is 0.390 e. The number of aromatic nitrogens is 1. The number of nitrogens with zero attached hydrogens (tertiary/aromatic N) is 3. The lowest BCUT2D eigenvalue weighted by atomic mass is 10.0. The molecule has 0 saturated carbocycles. The quantitative estimate of drug-likeness (QED) is 0.448. The molecule has 1 aliphatic rings. The van der Waals surface area contributed by atoms with Crippen LogP contribution in [0.3, 0.4) is 0 Å². The number of piperidine rings is 1. The number of pyridine rings is 1. The van der Waals surface area contributed by atoms with Gasteiger partial charge in [-0.2, -0.15) is 0 Å².